The first-order chi connectivity index (χ1) is 16.4. The van der Waals surface area contributed by atoms with Crippen molar-refractivity contribution in [3.63, 3.8) is 0 Å². The Morgan fingerprint density at radius 3 is 2.71 bits per heavy atom. The predicted octanol–water partition coefficient (Wildman–Crippen LogP) is 4.38. The Hall–Kier alpha value is -3.52. The number of aromatic nitrogens is 2. The van der Waals surface area contributed by atoms with Crippen molar-refractivity contribution >= 4 is 17.6 Å². The molecule has 1 aromatic heterocycles. The number of piperidine rings is 1. The van der Waals surface area contributed by atoms with Crippen LogP contribution in [0.5, 0.6) is 0 Å². The van der Waals surface area contributed by atoms with Gasteiger partial charge in [-0.25, -0.2) is 4.79 Å². The van der Waals surface area contributed by atoms with E-state index in [1.807, 2.05) is 38.1 Å². The number of aryl methyl sites for hydroxylation is 2. The minimum atomic E-state index is -0.363. The summed E-state index contributed by atoms with van der Waals surface area (Å²) in [4.78, 5) is 31.6. The largest absolute Gasteiger partial charge is 0.462 e. The molecule has 0 bridgehead atoms. The number of nitrogens with one attached hydrogen (secondary N) is 1. The number of hydrogen-bond acceptors (Lipinski definition) is 7. The van der Waals surface area contributed by atoms with Crippen LogP contribution in [-0.2, 0) is 16.1 Å². The molecular weight excluding hydrogens is 432 g/mol. The van der Waals surface area contributed by atoms with Gasteiger partial charge in [-0.2, -0.15) is 4.98 Å². The molecular formula is C26H30N4O4. The second-order valence-corrected chi connectivity index (χ2v) is 8.69. The van der Waals surface area contributed by atoms with Gasteiger partial charge >= 0.3 is 5.97 Å². The third-order valence-corrected chi connectivity index (χ3v) is 6.01. The van der Waals surface area contributed by atoms with E-state index in [2.05, 4.69) is 20.4 Å². The molecule has 1 atom stereocenters. The summed E-state index contributed by atoms with van der Waals surface area (Å²) in [5.74, 6) is 0.586. The molecule has 1 N–H and O–H groups in total. The van der Waals surface area contributed by atoms with Gasteiger partial charge in [0, 0.05) is 17.8 Å². The summed E-state index contributed by atoms with van der Waals surface area (Å²) in [5, 5.41) is 7.13. The highest BCUT2D eigenvalue weighted by Crippen LogP contribution is 2.23. The van der Waals surface area contributed by atoms with Crippen LogP contribution in [0.4, 0.5) is 5.69 Å². The van der Waals surface area contributed by atoms with Crippen molar-refractivity contribution in [1.29, 1.82) is 0 Å². The molecule has 1 aliphatic rings. The zero-order chi connectivity index (χ0) is 24.1. The fourth-order valence-corrected chi connectivity index (χ4v) is 4.12. The number of amides is 1. The molecule has 0 aliphatic carbocycles. The second-order valence-electron chi connectivity index (χ2n) is 8.69. The maximum absolute atomic E-state index is 13.0. The molecule has 1 fully saturated rings. The van der Waals surface area contributed by atoms with Crippen LogP contribution in [0.2, 0.25) is 0 Å². The van der Waals surface area contributed by atoms with E-state index in [4.69, 9.17) is 9.26 Å². The van der Waals surface area contributed by atoms with Crippen LogP contribution in [0.1, 0.15) is 47.1 Å². The average Bonchev–Trinajstić information content (AvgIpc) is 3.29. The predicted molar refractivity (Wildman–Crippen MR) is 128 cm³/mol. The quantitative estimate of drug-likeness (QED) is 0.520. The van der Waals surface area contributed by atoms with Crippen molar-refractivity contribution in [1.82, 2.24) is 15.0 Å². The Balaban J connectivity index is 1.35. The summed E-state index contributed by atoms with van der Waals surface area (Å²) in [6.45, 7) is 8.00. The standard InChI is InChI=1S/C26H30N4O4/c1-4-33-26(32)20-11-12-22(18(3)14-20)27-25(31)21-6-5-13-30(15-21)16-23-28-24(29-34-23)19-9-7-17(2)8-10-19/h7-12,14,21H,4-6,13,15-16H2,1-3H3,(H,27,31). The Labute approximate surface area is 199 Å². The molecule has 2 heterocycles. The highest BCUT2D eigenvalue weighted by molar-refractivity contribution is 5.95. The van der Waals surface area contributed by atoms with Gasteiger partial charge in [0.2, 0.25) is 17.6 Å². The maximum Gasteiger partial charge on any atom is 0.338 e. The Kier molecular flexibility index (Phi) is 7.37. The molecule has 1 aliphatic heterocycles. The number of anilines is 1. The number of esters is 1. The number of carbonyl (C=O) groups is 2. The van der Waals surface area contributed by atoms with Gasteiger partial charge < -0.3 is 14.6 Å². The topological polar surface area (TPSA) is 97.6 Å². The van der Waals surface area contributed by atoms with Crippen LogP contribution in [0.25, 0.3) is 11.4 Å². The van der Waals surface area contributed by atoms with Gasteiger partial charge in [-0.15, -0.1) is 0 Å². The van der Waals surface area contributed by atoms with Gasteiger partial charge in [-0.05, 0) is 63.9 Å². The molecule has 178 valence electrons. The first kappa shape index (κ1) is 23.6. The van der Waals surface area contributed by atoms with Crippen molar-refractivity contribution < 1.29 is 18.8 Å². The van der Waals surface area contributed by atoms with Gasteiger partial charge in [0.05, 0.1) is 24.6 Å². The number of ether oxygens (including phenoxy) is 1. The van der Waals surface area contributed by atoms with E-state index in [0.29, 0.717) is 42.7 Å². The highest BCUT2D eigenvalue weighted by atomic mass is 16.5. The Morgan fingerprint density at radius 2 is 1.97 bits per heavy atom. The van der Waals surface area contributed by atoms with E-state index in [1.165, 1.54) is 5.56 Å². The molecule has 0 radical (unpaired) electrons. The maximum atomic E-state index is 13.0. The number of carbonyl (C=O) groups excluding carboxylic acids is 2. The lowest BCUT2D eigenvalue weighted by molar-refractivity contribution is -0.121. The van der Waals surface area contributed by atoms with Crippen molar-refractivity contribution in [2.75, 3.05) is 25.0 Å². The third kappa shape index (κ3) is 5.69. The second kappa shape index (κ2) is 10.6. The van der Waals surface area contributed by atoms with Crippen LogP contribution >= 0.6 is 0 Å². The van der Waals surface area contributed by atoms with Gasteiger partial charge in [-0.3, -0.25) is 9.69 Å². The van der Waals surface area contributed by atoms with Crippen LogP contribution in [-0.4, -0.2) is 46.6 Å². The molecule has 1 saturated heterocycles. The van der Waals surface area contributed by atoms with E-state index >= 15 is 0 Å². The Morgan fingerprint density at radius 1 is 1.18 bits per heavy atom. The van der Waals surface area contributed by atoms with Crippen LogP contribution in [0, 0.1) is 19.8 Å². The number of likely N-dealkylation sites (tertiary alicyclic amines) is 1. The van der Waals surface area contributed by atoms with E-state index in [0.717, 1.165) is 30.5 Å². The minimum absolute atomic E-state index is 0.0254. The fourth-order valence-electron chi connectivity index (χ4n) is 4.12. The number of rotatable bonds is 7. The molecule has 1 unspecified atom stereocenters. The van der Waals surface area contributed by atoms with Crippen molar-refractivity contribution in [3.05, 3.63) is 65.0 Å². The lowest BCUT2D eigenvalue weighted by Crippen LogP contribution is -2.40. The highest BCUT2D eigenvalue weighted by Gasteiger charge is 2.27. The normalized spacial score (nSPS) is 16.3. The minimum Gasteiger partial charge on any atom is -0.462 e. The van der Waals surface area contributed by atoms with Crippen LogP contribution in [0.3, 0.4) is 0 Å². The summed E-state index contributed by atoms with van der Waals surface area (Å²) < 4.78 is 10.5. The van der Waals surface area contributed by atoms with E-state index in [9.17, 15) is 9.59 Å². The summed E-state index contributed by atoms with van der Waals surface area (Å²) in [5.41, 5.74) is 4.10. The number of hydrogen-bond donors (Lipinski definition) is 1. The molecule has 4 rings (SSSR count). The molecule has 1 amide bonds. The van der Waals surface area contributed by atoms with Crippen molar-refractivity contribution in [2.45, 2.75) is 40.2 Å². The molecule has 0 spiro atoms. The monoisotopic (exact) mass is 462 g/mol. The van der Waals surface area contributed by atoms with Crippen molar-refractivity contribution in [2.24, 2.45) is 5.92 Å². The fraction of sp³-hybridized carbons (Fsp3) is 0.385. The van der Waals surface area contributed by atoms with Gasteiger partial charge in [0.25, 0.3) is 0 Å². The summed E-state index contributed by atoms with van der Waals surface area (Å²) in [6, 6.07) is 13.2. The molecule has 8 heteroatoms. The molecule has 34 heavy (non-hydrogen) atoms. The summed E-state index contributed by atoms with van der Waals surface area (Å²) in [7, 11) is 0. The zero-order valence-electron chi connectivity index (χ0n) is 19.8. The lowest BCUT2D eigenvalue weighted by Gasteiger charge is -2.31. The Bertz CT molecular complexity index is 1160. The van der Waals surface area contributed by atoms with E-state index < -0.39 is 0 Å². The lowest BCUT2D eigenvalue weighted by atomic mass is 9.96. The van der Waals surface area contributed by atoms with Crippen LogP contribution < -0.4 is 5.32 Å². The average molecular weight is 463 g/mol. The zero-order valence-corrected chi connectivity index (χ0v) is 19.8. The SMILES string of the molecule is CCOC(=O)c1ccc(NC(=O)C2CCCN(Cc3nc(-c4ccc(C)cc4)no3)C2)c(C)c1. The van der Waals surface area contributed by atoms with Gasteiger partial charge in [0.1, 0.15) is 0 Å². The smallest absolute Gasteiger partial charge is 0.338 e. The van der Waals surface area contributed by atoms with E-state index in [-0.39, 0.29) is 17.8 Å². The molecule has 0 saturated carbocycles. The molecule has 3 aromatic rings. The first-order valence-corrected chi connectivity index (χ1v) is 11.6. The third-order valence-electron chi connectivity index (χ3n) is 6.01. The number of nitrogens with zero attached hydrogens (tertiary/aromatic N) is 3. The number of benzene rings is 2. The van der Waals surface area contributed by atoms with Gasteiger partial charge in [-0.1, -0.05) is 35.0 Å². The summed E-state index contributed by atoms with van der Waals surface area (Å²) >= 11 is 0. The van der Waals surface area contributed by atoms with Crippen LogP contribution in [0.15, 0.2) is 47.0 Å². The summed E-state index contributed by atoms with van der Waals surface area (Å²) in [6.07, 6.45) is 1.73. The van der Waals surface area contributed by atoms with E-state index in [1.54, 1.807) is 25.1 Å². The van der Waals surface area contributed by atoms with Gasteiger partial charge in [0.15, 0.2) is 0 Å². The first-order valence-electron chi connectivity index (χ1n) is 11.6. The molecule has 8 nitrogen and oxygen atoms in total. The van der Waals surface area contributed by atoms with Crippen molar-refractivity contribution in [3.8, 4) is 11.4 Å². The molecule has 2 aromatic carbocycles.